The number of hydrogen-bond donors (Lipinski definition) is 0. The van der Waals surface area contributed by atoms with Crippen LogP contribution in [0.1, 0.15) is 64.0 Å². The quantitative estimate of drug-likeness (QED) is 0.102. The monoisotopic (exact) mass is 602 g/mol. The summed E-state index contributed by atoms with van der Waals surface area (Å²) in [7, 11) is 0. The molecule has 6 heteroatoms. The molecule has 5 aromatic rings. The van der Waals surface area contributed by atoms with E-state index >= 15 is 0 Å². The largest absolute Gasteiger partial charge is 0.292 e. The minimum absolute atomic E-state index is 0.0181. The second-order valence-electron chi connectivity index (χ2n) is 11.8. The standard InChI is InChI=1S/C37H34N2O2S2/c40-31(32-14-9-23-42-32)25-43-36-38-34-30-13-6-5-12-28(30)24-37(21-7-2-8-22-37)33(34)35(41)39(36)29-19-17-27(18-20-29)16-15-26-10-3-1-4-11-26/h1,3-6,9-14,17-20,23H,2,7-8,15-16,21-22,24-25H2. The van der Waals surface area contributed by atoms with E-state index in [2.05, 4.69) is 54.6 Å². The van der Waals surface area contributed by atoms with E-state index in [-0.39, 0.29) is 22.5 Å². The van der Waals surface area contributed by atoms with Gasteiger partial charge in [-0.15, -0.1) is 11.3 Å². The first-order valence-corrected chi connectivity index (χ1v) is 17.1. The zero-order valence-electron chi connectivity index (χ0n) is 24.1. The van der Waals surface area contributed by atoms with Crippen LogP contribution < -0.4 is 5.56 Å². The van der Waals surface area contributed by atoms with Gasteiger partial charge < -0.3 is 0 Å². The topological polar surface area (TPSA) is 52.0 Å². The number of fused-ring (bicyclic) bond motifs is 4. The van der Waals surface area contributed by atoms with Crippen LogP contribution in [0.4, 0.5) is 0 Å². The number of aryl methyl sites for hydroxylation is 2. The van der Waals surface area contributed by atoms with Crippen molar-refractivity contribution in [1.29, 1.82) is 0 Å². The molecule has 1 saturated carbocycles. The molecule has 2 aliphatic rings. The zero-order chi connectivity index (χ0) is 29.2. The molecule has 0 saturated heterocycles. The summed E-state index contributed by atoms with van der Waals surface area (Å²) in [4.78, 5) is 33.9. The third-order valence-corrected chi connectivity index (χ3v) is 10.9. The lowest BCUT2D eigenvalue weighted by molar-refractivity contribution is 0.102. The van der Waals surface area contributed by atoms with Gasteiger partial charge in [0.2, 0.25) is 0 Å². The Bertz CT molecular complexity index is 1800. The molecule has 0 bridgehead atoms. The predicted molar refractivity (Wildman–Crippen MR) is 177 cm³/mol. The SMILES string of the molecule is O=C(CSc1nc2c(c(=O)n1-c1ccc(CCc3ccccc3)cc1)C1(CCCCC1)Cc1ccccc1-2)c1cccs1. The van der Waals surface area contributed by atoms with Crippen molar-refractivity contribution < 1.29 is 4.79 Å². The summed E-state index contributed by atoms with van der Waals surface area (Å²) in [5, 5.41) is 2.50. The van der Waals surface area contributed by atoms with E-state index in [9.17, 15) is 9.59 Å². The highest BCUT2D eigenvalue weighted by atomic mass is 32.2. The molecule has 2 heterocycles. The molecule has 0 unspecified atom stereocenters. The molecule has 0 atom stereocenters. The van der Waals surface area contributed by atoms with Crippen LogP contribution in [0, 0.1) is 0 Å². The van der Waals surface area contributed by atoms with Crippen LogP contribution in [-0.4, -0.2) is 21.1 Å². The third-order valence-electron chi connectivity index (χ3n) is 9.06. The number of hydrogen-bond acceptors (Lipinski definition) is 5. The average Bonchev–Trinajstić information content (AvgIpc) is 3.59. The number of rotatable bonds is 8. The summed E-state index contributed by atoms with van der Waals surface area (Å²) in [5.41, 5.74) is 7.18. The van der Waals surface area contributed by atoms with Crippen molar-refractivity contribution in [3.63, 3.8) is 0 Å². The Morgan fingerprint density at radius 2 is 1.56 bits per heavy atom. The molecular weight excluding hydrogens is 569 g/mol. The number of nitrogens with zero attached hydrogens (tertiary/aromatic N) is 2. The first-order valence-electron chi connectivity index (χ1n) is 15.2. The van der Waals surface area contributed by atoms with Gasteiger partial charge in [-0.05, 0) is 72.4 Å². The molecule has 7 rings (SSSR count). The number of Topliss-reactive ketones (excluding diaryl/α,β-unsaturated/α-hetero) is 1. The molecule has 3 aromatic carbocycles. The average molecular weight is 603 g/mol. The molecule has 0 radical (unpaired) electrons. The normalized spacial score (nSPS) is 15.2. The van der Waals surface area contributed by atoms with Crippen LogP contribution >= 0.6 is 23.1 Å². The smallest absolute Gasteiger partial charge is 0.263 e. The summed E-state index contributed by atoms with van der Waals surface area (Å²) in [6.07, 6.45) is 8.26. The number of ketones is 1. The Hall–Kier alpha value is -3.74. The first-order chi connectivity index (χ1) is 21.1. The van der Waals surface area contributed by atoms with Gasteiger partial charge in [-0.2, -0.15) is 0 Å². The first kappa shape index (κ1) is 28.1. The Morgan fingerprint density at radius 1 is 0.837 bits per heavy atom. The maximum absolute atomic E-state index is 14.8. The number of aromatic nitrogens is 2. The van der Waals surface area contributed by atoms with E-state index in [0.717, 1.165) is 72.3 Å². The molecule has 0 N–H and O–H groups in total. The van der Waals surface area contributed by atoms with Crippen molar-refractivity contribution in [2.24, 2.45) is 0 Å². The zero-order valence-corrected chi connectivity index (χ0v) is 25.8. The summed E-state index contributed by atoms with van der Waals surface area (Å²) >= 11 is 2.82. The number of carbonyl (C=O) groups is 1. The maximum atomic E-state index is 14.8. The van der Waals surface area contributed by atoms with E-state index in [1.807, 2.05) is 41.8 Å². The Balaban J connectivity index is 1.32. The van der Waals surface area contributed by atoms with Crippen LogP contribution in [0.5, 0.6) is 0 Å². The third kappa shape index (κ3) is 5.54. The van der Waals surface area contributed by atoms with Gasteiger partial charge in [0.15, 0.2) is 10.9 Å². The Kier molecular flexibility index (Phi) is 7.89. The fourth-order valence-electron chi connectivity index (χ4n) is 6.90. The van der Waals surface area contributed by atoms with E-state index in [0.29, 0.717) is 5.16 Å². The highest BCUT2D eigenvalue weighted by molar-refractivity contribution is 7.99. The Labute approximate surface area is 260 Å². The predicted octanol–water partition coefficient (Wildman–Crippen LogP) is 8.48. The maximum Gasteiger partial charge on any atom is 0.263 e. The summed E-state index contributed by atoms with van der Waals surface area (Å²) in [6.45, 7) is 0. The van der Waals surface area contributed by atoms with Crippen LogP contribution in [-0.2, 0) is 24.7 Å². The second kappa shape index (κ2) is 12.1. The van der Waals surface area contributed by atoms with Crippen molar-refractivity contribution in [2.75, 3.05) is 5.75 Å². The minimum atomic E-state index is -0.195. The lowest BCUT2D eigenvalue weighted by Gasteiger charge is -2.42. The van der Waals surface area contributed by atoms with E-state index in [1.54, 1.807) is 4.57 Å². The number of carbonyl (C=O) groups excluding carboxylic acids is 1. The summed E-state index contributed by atoms with van der Waals surface area (Å²) in [6, 6.07) is 31.1. The molecule has 0 aliphatic heterocycles. The molecule has 1 fully saturated rings. The van der Waals surface area contributed by atoms with Crippen molar-refractivity contribution in [3.05, 3.63) is 134 Å². The number of thiophene rings is 1. The fraction of sp³-hybridized carbons (Fsp3) is 0.270. The number of thioether (sulfide) groups is 1. The second-order valence-corrected chi connectivity index (χ2v) is 13.7. The lowest BCUT2D eigenvalue weighted by Crippen LogP contribution is -2.42. The molecule has 216 valence electrons. The van der Waals surface area contributed by atoms with Gasteiger partial charge in [0, 0.05) is 11.0 Å². The summed E-state index contributed by atoms with van der Waals surface area (Å²) < 4.78 is 1.79. The van der Waals surface area contributed by atoms with Gasteiger partial charge in [0.1, 0.15) is 0 Å². The molecule has 2 aliphatic carbocycles. The molecule has 43 heavy (non-hydrogen) atoms. The van der Waals surface area contributed by atoms with Gasteiger partial charge in [0.25, 0.3) is 5.56 Å². The van der Waals surface area contributed by atoms with Crippen LogP contribution in [0.25, 0.3) is 16.9 Å². The van der Waals surface area contributed by atoms with E-state index in [1.165, 1.54) is 46.2 Å². The number of benzene rings is 3. The van der Waals surface area contributed by atoms with E-state index < -0.39 is 0 Å². The highest BCUT2D eigenvalue weighted by Crippen LogP contribution is 2.49. The molecule has 2 aromatic heterocycles. The van der Waals surface area contributed by atoms with Gasteiger partial charge in [0.05, 0.1) is 27.6 Å². The van der Waals surface area contributed by atoms with Crippen molar-refractivity contribution in [2.45, 2.75) is 61.9 Å². The van der Waals surface area contributed by atoms with Crippen molar-refractivity contribution >= 4 is 28.9 Å². The highest BCUT2D eigenvalue weighted by Gasteiger charge is 2.43. The van der Waals surface area contributed by atoms with Crippen molar-refractivity contribution in [3.8, 4) is 16.9 Å². The fourth-order valence-corrected chi connectivity index (χ4v) is 8.54. The van der Waals surface area contributed by atoms with Gasteiger partial charge in [-0.3, -0.25) is 14.2 Å². The minimum Gasteiger partial charge on any atom is -0.292 e. The summed E-state index contributed by atoms with van der Waals surface area (Å²) in [5.74, 6) is 0.284. The Morgan fingerprint density at radius 3 is 2.30 bits per heavy atom. The molecule has 4 nitrogen and oxygen atoms in total. The van der Waals surface area contributed by atoms with Gasteiger partial charge in [-0.25, -0.2) is 4.98 Å². The van der Waals surface area contributed by atoms with Gasteiger partial charge in [-0.1, -0.05) is 104 Å². The van der Waals surface area contributed by atoms with Crippen LogP contribution in [0.15, 0.2) is 106 Å². The molecular formula is C37H34N2O2S2. The molecule has 1 spiro atoms. The van der Waals surface area contributed by atoms with Gasteiger partial charge >= 0.3 is 0 Å². The van der Waals surface area contributed by atoms with Crippen LogP contribution in [0.3, 0.4) is 0 Å². The van der Waals surface area contributed by atoms with E-state index in [4.69, 9.17) is 4.98 Å². The van der Waals surface area contributed by atoms with Crippen molar-refractivity contribution in [1.82, 2.24) is 9.55 Å². The molecule has 0 amide bonds. The van der Waals surface area contributed by atoms with Crippen LogP contribution in [0.2, 0.25) is 0 Å². The lowest BCUT2D eigenvalue weighted by atomic mass is 9.62.